The van der Waals surface area contributed by atoms with Gasteiger partial charge in [0.2, 0.25) is 5.69 Å². The van der Waals surface area contributed by atoms with Crippen molar-refractivity contribution in [1.29, 1.82) is 0 Å². The number of nitrogens with one attached hydrogen (secondary N) is 1. The van der Waals surface area contributed by atoms with Gasteiger partial charge in [0.15, 0.2) is 0 Å². The molecule has 0 bridgehead atoms. The molecule has 1 N–H and O–H groups in total. The van der Waals surface area contributed by atoms with Crippen molar-refractivity contribution in [2.24, 2.45) is 0 Å². The van der Waals surface area contributed by atoms with Crippen LogP contribution in [0.4, 0.5) is 5.95 Å². The van der Waals surface area contributed by atoms with Crippen molar-refractivity contribution in [3.05, 3.63) is 32.2 Å². The Labute approximate surface area is 83.1 Å². The van der Waals surface area contributed by atoms with Gasteiger partial charge in [-0.15, -0.1) is 0 Å². The summed E-state index contributed by atoms with van der Waals surface area (Å²) in [7, 11) is 0. The predicted molar refractivity (Wildman–Crippen MR) is 47.5 cm³/mol. The Bertz CT molecular complexity index is 452. The molecule has 0 radical (unpaired) electrons. The van der Waals surface area contributed by atoms with Crippen LogP contribution in [0, 0.1) is 10.1 Å². The van der Waals surface area contributed by atoms with Gasteiger partial charge in [-0.1, -0.05) is 4.98 Å². The molecule has 0 aliphatic carbocycles. The Morgan fingerprint density at radius 2 is 2.40 bits per heavy atom. The lowest BCUT2D eigenvalue weighted by atomic mass is 10.4. The van der Waals surface area contributed by atoms with E-state index in [0.29, 0.717) is 0 Å². The monoisotopic (exact) mass is 213 g/mol. The quantitative estimate of drug-likeness (QED) is 0.424. The lowest BCUT2D eigenvalue weighted by molar-refractivity contribution is -0.394. The normalized spacial score (nSPS) is 9.67. The van der Waals surface area contributed by atoms with E-state index >= 15 is 0 Å². The van der Waals surface area contributed by atoms with Gasteiger partial charge in [-0.2, -0.15) is 0 Å². The predicted octanol–water partition coefficient (Wildman–Crippen LogP) is -0.145. The molecule has 1 aromatic heterocycles. The highest BCUT2D eigenvalue weighted by molar-refractivity contribution is 5.87. The molecular formula is C7H7N3O5. The summed E-state index contributed by atoms with van der Waals surface area (Å²) in [5, 5.41) is 10.3. The smallest absolute Gasteiger partial charge is 0.435 e. The van der Waals surface area contributed by atoms with Crippen LogP contribution < -0.4 is 5.56 Å². The van der Waals surface area contributed by atoms with Crippen LogP contribution in [-0.2, 0) is 4.74 Å². The summed E-state index contributed by atoms with van der Waals surface area (Å²) in [6.07, 6.45) is 0. The largest absolute Gasteiger partial charge is 0.460 e. The van der Waals surface area contributed by atoms with Gasteiger partial charge in [0.1, 0.15) is 0 Å². The number of carbonyl (C=O) groups excluding carboxylic acids is 1. The molecule has 0 aliphatic heterocycles. The number of aromatic nitrogens is 2. The van der Waals surface area contributed by atoms with Crippen molar-refractivity contribution in [2.45, 2.75) is 6.92 Å². The molecule has 80 valence electrons. The van der Waals surface area contributed by atoms with Gasteiger partial charge in [-0.3, -0.25) is 4.79 Å². The maximum atomic E-state index is 11.1. The Morgan fingerprint density at radius 1 is 1.73 bits per heavy atom. The van der Waals surface area contributed by atoms with Crippen LogP contribution in [0.1, 0.15) is 17.4 Å². The number of H-pyrrole nitrogens is 1. The first-order valence-corrected chi connectivity index (χ1v) is 3.97. The van der Waals surface area contributed by atoms with Crippen LogP contribution in [-0.4, -0.2) is 27.5 Å². The van der Waals surface area contributed by atoms with Crippen molar-refractivity contribution in [3.8, 4) is 0 Å². The lowest BCUT2D eigenvalue weighted by Gasteiger charge is -1.97. The van der Waals surface area contributed by atoms with Gasteiger partial charge in [0, 0.05) is 0 Å². The fraction of sp³-hybridized carbons (Fsp3) is 0.286. The number of carbonyl (C=O) groups is 1. The average molecular weight is 213 g/mol. The minimum absolute atomic E-state index is 0.0983. The van der Waals surface area contributed by atoms with E-state index in [4.69, 9.17) is 0 Å². The van der Waals surface area contributed by atoms with Crippen molar-refractivity contribution in [2.75, 3.05) is 6.61 Å². The fourth-order valence-corrected chi connectivity index (χ4v) is 0.841. The Hall–Kier alpha value is -2.25. The zero-order valence-electron chi connectivity index (χ0n) is 7.72. The third kappa shape index (κ3) is 2.59. The summed E-state index contributed by atoms with van der Waals surface area (Å²) >= 11 is 0. The minimum Gasteiger partial charge on any atom is -0.460 e. The van der Waals surface area contributed by atoms with Crippen LogP contribution in [0.25, 0.3) is 0 Å². The van der Waals surface area contributed by atoms with Crippen LogP contribution in [0.2, 0.25) is 0 Å². The molecule has 8 nitrogen and oxygen atoms in total. The van der Waals surface area contributed by atoms with E-state index in [1.54, 1.807) is 6.92 Å². The third-order valence-electron chi connectivity index (χ3n) is 1.39. The fourth-order valence-electron chi connectivity index (χ4n) is 0.841. The SMILES string of the molecule is CCOC(=O)c1cc(=O)[nH]c([N+](=O)[O-])n1. The van der Waals surface area contributed by atoms with E-state index < -0.39 is 22.4 Å². The molecule has 1 heterocycles. The molecule has 0 amide bonds. The van der Waals surface area contributed by atoms with Crippen LogP contribution in [0.5, 0.6) is 0 Å². The van der Waals surface area contributed by atoms with E-state index in [2.05, 4.69) is 9.72 Å². The molecular weight excluding hydrogens is 206 g/mol. The number of hydrogen-bond acceptors (Lipinski definition) is 6. The molecule has 0 atom stereocenters. The Balaban J connectivity index is 3.14. The van der Waals surface area contributed by atoms with Crippen molar-refractivity contribution in [1.82, 2.24) is 9.97 Å². The topological polar surface area (TPSA) is 115 Å². The summed E-state index contributed by atoms with van der Waals surface area (Å²) in [5.41, 5.74) is -1.16. The minimum atomic E-state index is -0.899. The van der Waals surface area contributed by atoms with E-state index in [0.717, 1.165) is 6.07 Å². The highest BCUT2D eigenvalue weighted by atomic mass is 16.6. The molecule has 8 heteroatoms. The highest BCUT2D eigenvalue weighted by Crippen LogP contribution is 2.01. The van der Waals surface area contributed by atoms with Crippen molar-refractivity contribution >= 4 is 11.9 Å². The van der Waals surface area contributed by atoms with Crippen LogP contribution >= 0.6 is 0 Å². The molecule has 15 heavy (non-hydrogen) atoms. The standard InChI is InChI=1S/C7H7N3O5/c1-2-15-6(12)4-3-5(11)9-7(8-4)10(13)14/h3H,2H2,1H3,(H,8,9,11). The first kappa shape index (κ1) is 10.8. The summed E-state index contributed by atoms with van der Waals surface area (Å²) in [4.78, 5) is 36.6. The summed E-state index contributed by atoms with van der Waals surface area (Å²) < 4.78 is 4.54. The zero-order chi connectivity index (χ0) is 11.4. The summed E-state index contributed by atoms with van der Waals surface area (Å²) in [5.74, 6) is -1.66. The second-order valence-corrected chi connectivity index (χ2v) is 2.43. The number of rotatable bonds is 3. The van der Waals surface area contributed by atoms with Crippen LogP contribution in [0.3, 0.4) is 0 Å². The number of esters is 1. The average Bonchev–Trinajstić information content (AvgIpc) is 2.17. The van der Waals surface area contributed by atoms with E-state index in [1.807, 2.05) is 4.98 Å². The van der Waals surface area contributed by atoms with E-state index in [9.17, 15) is 19.7 Å². The molecule has 0 saturated heterocycles. The zero-order valence-corrected chi connectivity index (χ0v) is 7.72. The first-order chi connectivity index (χ1) is 7.04. The summed E-state index contributed by atoms with van der Waals surface area (Å²) in [6.45, 7) is 1.67. The maximum Gasteiger partial charge on any atom is 0.435 e. The number of hydrogen-bond donors (Lipinski definition) is 1. The highest BCUT2D eigenvalue weighted by Gasteiger charge is 2.18. The first-order valence-electron chi connectivity index (χ1n) is 3.97. The van der Waals surface area contributed by atoms with E-state index in [1.165, 1.54) is 0 Å². The number of aromatic amines is 1. The van der Waals surface area contributed by atoms with Crippen LogP contribution in [0.15, 0.2) is 10.9 Å². The van der Waals surface area contributed by atoms with Gasteiger partial charge < -0.3 is 14.9 Å². The molecule has 1 aromatic rings. The van der Waals surface area contributed by atoms with Gasteiger partial charge in [0.05, 0.1) is 12.7 Å². The molecule has 0 aromatic carbocycles. The molecule has 0 saturated carbocycles. The van der Waals surface area contributed by atoms with Crippen molar-refractivity contribution < 1.29 is 14.5 Å². The van der Waals surface area contributed by atoms with Gasteiger partial charge in [-0.05, 0) is 11.8 Å². The number of ether oxygens (including phenoxy) is 1. The van der Waals surface area contributed by atoms with Gasteiger partial charge in [-0.25, -0.2) is 9.78 Å². The van der Waals surface area contributed by atoms with E-state index in [-0.39, 0.29) is 12.3 Å². The van der Waals surface area contributed by atoms with Gasteiger partial charge >= 0.3 is 17.5 Å². The van der Waals surface area contributed by atoms with Crippen molar-refractivity contribution in [3.63, 3.8) is 0 Å². The Kier molecular flexibility index (Phi) is 3.11. The second-order valence-electron chi connectivity index (χ2n) is 2.43. The number of nitro groups is 1. The second kappa shape index (κ2) is 4.31. The lowest BCUT2D eigenvalue weighted by Crippen LogP contribution is -2.16. The molecule has 0 unspecified atom stereocenters. The molecule has 0 spiro atoms. The number of nitrogens with zero attached hydrogens (tertiary/aromatic N) is 2. The molecule has 1 rings (SSSR count). The summed E-state index contributed by atoms with van der Waals surface area (Å²) in [6, 6.07) is 0.838. The third-order valence-corrected chi connectivity index (χ3v) is 1.39. The molecule has 0 aliphatic rings. The Morgan fingerprint density at radius 3 is 2.93 bits per heavy atom. The van der Waals surface area contributed by atoms with Gasteiger partial charge in [0.25, 0.3) is 0 Å². The maximum absolute atomic E-state index is 11.1. The molecule has 0 fully saturated rings.